The summed E-state index contributed by atoms with van der Waals surface area (Å²) >= 11 is 0. The Labute approximate surface area is 146 Å². The van der Waals surface area contributed by atoms with E-state index in [2.05, 4.69) is 36.9 Å². The van der Waals surface area contributed by atoms with Crippen LogP contribution in [0.2, 0.25) is 0 Å². The third-order valence-electron chi connectivity index (χ3n) is 5.63. The van der Waals surface area contributed by atoms with Crippen LogP contribution in [-0.4, -0.2) is 44.4 Å². The van der Waals surface area contributed by atoms with Crippen LogP contribution in [0.5, 0.6) is 0 Å². The fourth-order valence-electron chi connectivity index (χ4n) is 3.88. The van der Waals surface area contributed by atoms with Gasteiger partial charge in [-0.05, 0) is 56.2 Å². The third-order valence-corrected chi connectivity index (χ3v) is 5.63. The minimum absolute atomic E-state index is 0.661. The molecule has 1 aromatic carbocycles. The molecule has 0 fully saturated rings. The molecule has 0 N–H and O–H groups in total. The Balaban J connectivity index is 1.62. The molecule has 0 aromatic heterocycles. The summed E-state index contributed by atoms with van der Waals surface area (Å²) in [5, 5.41) is 0. The number of methoxy groups -OCH3 is 1. The van der Waals surface area contributed by atoms with Crippen molar-refractivity contribution >= 4 is 0 Å². The number of nitrogens with zero attached hydrogens (tertiary/aromatic N) is 1. The summed E-state index contributed by atoms with van der Waals surface area (Å²) in [6.45, 7) is 8.98. The molecule has 24 heavy (non-hydrogen) atoms. The Morgan fingerprint density at radius 2 is 1.96 bits per heavy atom. The van der Waals surface area contributed by atoms with Gasteiger partial charge in [-0.15, -0.1) is 0 Å². The highest BCUT2D eigenvalue weighted by Gasteiger charge is 2.26. The lowest BCUT2D eigenvalue weighted by Gasteiger charge is -2.38. The molecule has 3 rings (SSSR count). The van der Waals surface area contributed by atoms with Crippen LogP contribution in [0.3, 0.4) is 0 Å². The van der Waals surface area contributed by atoms with E-state index < -0.39 is 0 Å². The predicted octanol–water partition coefficient (Wildman–Crippen LogP) is 3.75. The molecule has 0 saturated heterocycles. The summed E-state index contributed by atoms with van der Waals surface area (Å²) in [6, 6.07) is 7.60. The number of fused-ring (bicyclic) bond motifs is 1. The summed E-state index contributed by atoms with van der Waals surface area (Å²) < 4.78 is 10.7. The smallest absolute Gasteiger partial charge is 0.0718 e. The lowest BCUT2D eigenvalue weighted by molar-refractivity contribution is 0.0616. The zero-order chi connectivity index (χ0) is 16.9. The summed E-state index contributed by atoms with van der Waals surface area (Å²) in [5.74, 6) is 0. The Morgan fingerprint density at radius 3 is 2.75 bits per heavy atom. The van der Waals surface area contributed by atoms with Crippen molar-refractivity contribution in [3.8, 4) is 0 Å². The second-order valence-corrected chi connectivity index (χ2v) is 7.33. The van der Waals surface area contributed by atoms with Crippen LogP contribution in [0.4, 0.5) is 0 Å². The number of benzene rings is 1. The van der Waals surface area contributed by atoms with Gasteiger partial charge in [-0.2, -0.15) is 0 Å². The van der Waals surface area contributed by atoms with E-state index in [1.54, 1.807) is 18.3 Å². The Hall–Kier alpha value is -1.16. The van der Waals surface area contributed by atoms with Crippen molar-refractivity contribution < 1.29 is 9.47 Å². The van der Waals surface area contributed by atoms with E-state index in [4.69, 9.17) is 9.47 Å². The second-order valence-electron chi connectivity index (χ2n) is 7.33. The number of hydrogen-bond donors (Lipinski definition) is 0. The average Bonchev–Trinajstić information content (AvgIpc) is 2.60. The zero-order valence-electron chi connectivity index (χ0n) is 15.4. The van der Waals surface area contributed by atoms with E-state index in [9.17, 15) is 0 Å². The molecule has 0 bridgehead atoms. The fraction of sp³-hybridized carbons (Fsp3) is 0.619. The molecule has 0 radical (unpaired) electrons. The summed E-state index contributed by atoms with van der Waals surface area (Å²) in [7, 11) is 1.71. The molecular formula is C21H31NO2. The van der Waals surface area contributed by atoms with E-state index >= 15 is 0 Å². The van der Waals surface area contributed by atoms with E-state index in [1.807, 2.05) is 0 Å². The maximum Gasteiger partial charge on any atom is 0.0718 e. The van der Waals surface area contributed by atoms with Gasteiger partial charge >= 0.3 is 0 Å². The molecule has 2 aliphatic rings. The van der Waals surface area contributed by atoms with Crippen LogP contribution in [0, 0.1) is 0 Å². The Morgan fingerprint density at radius 1 is 1.08 bits per heavy atom. The standard InChI is InChI=1S/C21H31NO2/c1-16-8-9-22(14-17(16)2)21-7-6-19-5-4-18(12-20(19)13-21)15-24-11-10-23-3/h4-5,12,21H,6-11,13-15H2,1-3H3. The van der Waals surface area contributed by atoms with Crippen molar-refractivity contribution in [3.63, 3.8) is 0 Å². The molecule has 1 atom stereocenters. The van der Waals surface area contributed by atoms with Gasteiger partial charge in [-0.3, -0.25) is 4.90 Å². The van der Waals surface area contributed by atoms with Crippen LogP contribution in [0.15, 0.2) is 29.3 Å². The lowest BCUT2D eigenvalue weighted by atomic mass is 9.85. The zero-order valence-corrected chi connectivity index (χ0v) is 15.4. The van der Waals surface area contributed by atoms with Gasteiger partial charge in [0.2, 0.25) is 0 Å². The molecule has 1 aliphatic carbocycles. The molecular weight excluding hydrogens is 298 g/mol. The van der Waals surface area contributed by atoms with Crippen molar-refractivity contribution in [3.05, 3.63) is 46.0 Å². The van der Waals surface area contributed by atoms with Gasteiger partial charge < -0.3 is 9.47 Å². The Bertz CT molecular complexity index is 594. The Kier molecular flexibility index (Phi) is 6.09. The van der Waals surface area contributed by atoms with Gasteiger partial charge in [0.1, 0.15) is 0 Å². The molecule has 1 heterocycles. The van der Waals surface area contributed by atoms with Gasteiger partial charge in [0.05, 0.1) is 19.8 Å². The maximum atomic E-state index is 5.68. The van der Waals surface area contributed by atoms with E-state index in [0.717, 1.165) is 6.54 Å². The monoisotopic (exact) mass is 329 g/mol. The average molecular weight is 329 g/mol. The lowest BCUT2D eigenvalue weighted by Crippen LogP contribution is -2.42. The fourth-order valence-corrected chi connectivity index (χ4v) is 3.88. The normalized spacial score (nSPS) is 21.9. The van der Waals surface area contributed by atoms with Gasteiger partial charge in [-0.1, -0.05) is 29.3 Å². The molecule has 3 heteroatoms. The van der Waals surface area contributed by atoms with Crippen LogP contribution in [-0.2, 0) is 28.9 Å². The van der Waals surface area contributed by atoms with Crippen LogP contribution in [0.1, 0.15) is 43.4 Å². The molecule has 1 aromatic rings. The van der Waals surface area contributed by atoms with Gasteiger partial charge in [0.25, 0.3) is 0 Å². The number of rotatable bonds is 6. The first-order valence-electron chi connectivity index (χ1n) is 9.24. The molecule has 0 spiro atoms. The summed E-state index contributed by atoms with van der Waals surface area (Å²) in [4.78, 5) is 2.70. The van der Waals surface area contributed by atoms with Crippen molar-refractivity contribution in [1.82, 2.24) is 4.90 Å². The van der Waals surface area contributed by atoms with E-state index in [0.29, 0.717) is 25.9 Å². The first kappa shape index (κ1) is 17.7. The second kappa shape index (κ2) is 8.28. The third kappa shape index (κ3) is 4.27. The molecule has 3 nitrogen and oxygen atoms in total. The summed E-state index contributed by atoms with van der Waals surface area (Å²) in [6.07, 6.45) is 4.93. The highest BCUT2D eigenvalue weighted by molar-refractivity contribution is 5.35. The van der Waals surface area contributed by atoms with E-state index in [1.165, 1.54) is 48.9 Å². The van der Waals surface area contributed by atoms with Crippen molar-refractivity contribution in [2.75, 3.05) is 33.4 Å². The van der Waals surface area contributed by atoms with Gasteiger partial charge in [0.15, 0.2) is 0 Å². The summed E-state index contributed by atoms with van der Waals surface area (Å²) in [5.41, 5.74) is 7.52. The molecule has 1 aliphatic heterocycles. The van der Waals surface area contributed by atoms with Crippen molar-refractivity contribution in [2.24, 2.45) is 0 Å². The number of ether oxygens (including phenoxy) is 2. The van der Waals surface area contributed by atoms with Crippen molar-refractivity contribution in [1.29, 1.82) is 0 Å². The maximum absolute atomic E-state index is 5.68. The van der Waals surface area contributed by atoms with Gasteiger partial charge in [-0.25, -0.2) is 0 Å². The van der Waals surface area contributed by atoms with Crippen molar-refractivity contribution in [2.45, 2.75) is 52.2 Å². The first-order chi connectivity index (χ1) is 11.7. The molecule has 0 saturated carbocycles. The minimum Gasteiger partial charge on any atom is -0.382 e. The highest BCUT2D eigenvalue weighted by Crippen LogP contribution is 2.28. The first-order valence-corrected chi connectivity index (χ1v) is 9.24. The minimum atomic E-state index is 0.661. The number of hydrogen-bond acceptors (Lipinski definition) is 3. The van der Waals surface area contributed by atoms with Crippen LogP contribution >= 0.6 is 0 Å². The molecule has 1 unspecified atom stereocenters. The topological polar surface area (TPSA) is 21.7 Å². The van der Waals surface area contributed by atoms with Crippen LogP contribution in [0.25, 0.3) is 0 Å². The SMILES string of the molecule is COCCOCc1ccc2c(c1)CC(N1CCC(C)=C(C)C1)CC2. The predicted molar refractivity (Wildman–Crippen MR) is 98.4 cm³/mol. The van der Waals surface area contributed by atoms with Gasteiger partial charge in [0, 0.05) is 26.2 Å². The van der Waals surface area contributed by atoms with Crippen LogP contribution < -0.4 is 0 Å². The molecule has 0 amide bonds. The quantitative estimate of drug-likeness (QED) is 0.586. The largest absolute Gasteiger partial charge is 0.382 e. The van der Waals surface area contributed by atoms with E-state index in [-0.39, 0.29) is 0 Å². The number of aryl methyl sites for hydroxylation is 1. The molecule has 132 valence electrons. The highest BCUT2D eigenvalue weighted by atomic mass is 16.5.